The number of aromatic nitrogens is 1. The van der Waals surface area contributed by atoms with E-state index in [2.05, 4.69) is 15.6 Å². The van der Waals surface area contributed by atoms with Crippen LogP contribution in [0.2, 0.25) is 10.0 Å². The van der Waals surface area contributed by atoms with Gasteiger partial charge >= 0.3 is 0 Å². The molecule has 0 aliphatic rings. The second-order valence-electron chi connectivity index (χ2n) is 9.12. The molecular formula is C32H25Cl2N3O4S2. The van der Waals surface area contributed by atoms with Gasteiger partial charge in [0.15, 0.2) is 16.6 Å². The van der Waals surface area contributed by atoms with Gasteiger partial charge in [-0.15, -0.1) is 23.1 Å². The smallest absolute Gasteiger partial charge is 0.255 e. The number of amides is 2. The van der Waals surface area contributed by atoms with Gasteiger partial charge < -0.3 is 20.1 Å². The zero-order chi connectivity index (χ0) is 30.3. The van der Waals surface area contributed by atoms with E-state index in [0.717, 1.165) is 16.0 Å². The molecule has 4 aromatic carbocycles. The van der Waals surface area contributed by atoms with Gasteiger partial charge in [-0.3, -0.25) is 9.59 Å². The Morgan fingerprint density at radius 1 is 0.837 bits per heavy atom. The largest absolute Gasteiger partial charge is 0.493 e. The van der Waals surface area contributed by atoms with Gasteiger partial charge in [0.05, 0.1) is 30.0 Å². The Morgan fingerprint density at radius 3 is 2.37 bits per heavy atom. The van der Waals surface area contributed by atoms with E-state index >= 15 is 0 Å². The minimum atomic E-state index is -0.588. The summed E-state index contributed by atoms with van der Waals surface area (Å²) in [6, 6.07) is 27.1. The Labute approximate surface area is 267 Å². The van der Waals surface area contributed by atoms with E-state index in [9.17, 15) is 9.59 Å². The molecule has 2 N–H and O–H groups in total. The number of nitrogens with zero attached hydrogens (tertiary/aromatic N) is 1. The van der Waals surface area contributed by atoms with Crippen LogP contribution < -0.4 is 20.1 Å². The van der Waals surface area contributed by atoms with Crippen LogP contribution in [-0.2, 0) is 4.79 Å². The van der Waals surface area contributed by atoms with Crippen LogP contribution in [0.1, 0.15) is 21.2 Å². The lowest BCUT2D eigenvalue weighted by atomic mass is 10.1. The van der Waals surface area contributed by atoms with Gasteiger partial charge in [-0.05, 0) is 54.1 Å². The van der Waals surface area contributed by atoms with Crippen molar-refractivity contribution in [1.29, 1.82) is 0 Å². The number of thioether (sulfide) groups is 1. The number of methoxy groups -OCH3 is 2. The number of carbonyl (C=O) groups excluding carboxylic acids is 2. The van der Waals surface area contributed by atoms with Crippen molar-refractivity contribution in [2.45, 2.75) is 10.1 Å². The Kier molecular flexibility index (Phi) is 9.89. The second kappa shape index (κ2) is 14.0. The predicted molar refractivity (Wildman–Crippen MR) is 175 cm³/mol. The highest BCUT2D eigenvalue weighted by Gasteiger charge is 2.24. The fourth-order valence-corrected chi connectivity index (χ4v) is 6.26. The third-order valence-corrected chi connectivity index (χ3v) is 9.03. The van der Waals surface area contributed by atoms with Crippen molar-refractivity contribution in [3.63, 3.8) is 0 Å². The summed E-state index contributed by atoms with van der Waals surface area (Å²) in [6.07, 6.45) is 0. The number of hydrogen-bond acceptors (Lipinski definition) is 7. The standard InChI is InChI=1S/C32H25Cl2N3O4S2/c1-40-27-14-12-21(16-28(27)41-2)30(38)35-22-9-6-10-23(17-22)43-29(19-7-4-3-5-8-19)31(39)37-32-36-26(18-42-32)20-11-13-24(33)25(34)15-20/h3-18,29H,1-2H3,(H,35,38)(H,36,37,39). The first-order valence-corrected chi connectivity index (χ1v) is 15.4. The summed E-state index contributed by atoms with van der Waals surface area (Å²) in [5.41, 5.74) is 3.31. The molecule has 0 aliphatic heterocycles. The van der Waals surface area contributed by atoms with Crippen molar-refractivity contribution in [3.8, 4) is 22.8 Å². The average Bonchev–Trinajstić information content (AvgIpc) is 3.49. The number of carbonyl (C=O) groups is 2. The molecule has 0 radical (unpaired) electrons. The van der Waals surface area contributed by atoms with Crippen molar-refractivity contribution in [3.05, 3.63) is 118 Å². The molecule has 0 aliphatic carbocycles. The number of benzene rings is 4. The quantitative estimate of drug-likeness (QED) is 0.147. The van der Waals surface area contributed by atoms with Gasteiger partial charge in [0.1, 0.15) is 5.25 Å². The fourth-order valence-electron chi connectivity index (χ4n) is 4.15. The third kappa shape index (κ3) is 7.50. The second-order valence-corrected chi connectivity index (χ2v) is 12.0. The van der Waals surface area contributed by atoms with Gasteiger partial charge in [0.2, 0.25) is 5.91 Å². The van der Waals surface area contributed by atoms with Crippen LogP contribution in [0.5, 0.6) is 11.5 Å². The topological polar surface area (TPSA) is 89.5 Å². The molecule has 1 aromatic heterocycles. The molecule has 0 fully saturated rings. The maximum Gasteiger partial charge on any atom is 0.255 e. The van der Waals surface area contributed by atoms with Crippen LogP contribution in [0.15, 0.2) is 101 Å². The Hall–Kier alpha value is -4.02. The number of rotatable bonds is 10. The predicted octanol–water partition coefficient (Wildman–Crippen LogP) is 8.86. The minimum Gasteiger partial charge on any atom is -0.493 e. The number of nitrogens with one attached hydrogen (secondary N) is 2. The first-order valence-electron chi connectivity index (χ1n) is 12.9. The number of halogens is 2. The number of thiazole rings is 1. The zero-order valence-electron chi connectivity index (χ0n) is 23.0. The number of hydrogen-bond donors (Lipinski definition) is 2. The molecule has 5 aromatic rings. The molecule has 2 amide bonds. The van der Waals surface area contributed by atoms with Crippen LogP contribution in [0.25, 0.3) is 11.3 Å². The minimum absolute atomic E-state index is 0.231. The summed E-state index contributed by atoms with van der Waals surface area (Å²) < 4.78 is 10.6. The van der Waals surface area contributed by atoms with E-state index in [1.165, 1.54) is 37.3 Å². The molecule has 0 saturated heterocycles. The van der Waals surface area contributed by atoms with Crippen molar-refractivity contribution >= 4 is 68.9 Å². The zero-order valence-corrected chi connectivity index (χ0v) is 26.1. The van der Waals surface area contributed by atoms with Crippen molar-refractivity contribution < 1.29 is 19.1 Å². The van der Waals surface area contributed by atoms with E-state index in [1.807, 2.05) is 60.0 Å². The first-order chi connectivity index (χ1) is 20.8. The maximum absolute atomic E-state index is 13.6. The molecule has 0 spiro atoms. The summed E-state index contributed by atoms with van der Waals surface area (Å²) in [5, 5.41) is 8.50. The molecule has 1 heterocycles. The normalized spacial score (nSPS) is 11.4. The van der Waals surface area contributed by atoms with E-state index in [-0.39, 0.29) is 11.8 Å². The molecule has 218 valence electrons. The first kappa shape index (κ1) is 30.4. The molecule has 1 atom stereocenters. The third-order valence-electron chi connectivity index (χ3n) is 6.28. The molecule has 0 saturated carbocycles. The van der Waals surface area contributed by atoms with E-state index < -0.39 is 5.25 Å². The lowest BCUT2D eigenvalue weighted by molar-refractivity contribution is -0.115. The van der Waals surface area contributed by atoms with Gasteiger partial charge in [0.25, 0.3) is 5.91 Å². The summed E-state index contributed by atoms with van der Waals surface area (Å²) in [5.74, 6) is 0.458. The van der Waals surface area contributed by atoms with Gasteiger partial charge in [-0.25, -0.2) is 4.98 Å². The lowest BCUT2D eigenvalue weighted by Crippen LogP contribution is -2.19. The molecule has 1 unspecified atom stereocenters. The molecule has 0 bridgehead atoms. The van der Waals surface area contributed by atoms with Crippen LogP contribution in [0.4, 0.5) is 10.8 Å². The summed E-state index contributed by atoms with van der Waals surface area (Å²) in [4.78, 5) is 32.0. The van der Waals surface area contributed by atoms with Crippen molar-refractivity contribution in [2.75, 3.05) is 24.9 Å². The average molecular weight is 651 g/mol. The summed E-state index contributed by atoms with van der Waals surface area (Å²) in [6.45, 7) is 0. The summed E-state index contributed by atoms with van der Waals surface area (Å²) in [7, 11) is 3.05. The van der Waals surface area contributed by atoms with Crippen LogP contribution in [0, 0.1) is 0 Å². The van der Waals surface area contributed by atoms with Crippen molar-refractivity contribution in [1.82, 2.24) is 4.98 Å². The van der Waals surface area contributed by atoms with E-state index in [4.69, 9.17) is 32.7 Å². The Balaban J connectivity index is 1.33. The Morgan fingerprint density at radius 2 is 1.63 bits per heavy atom. The van der Waals surface area contributed by atoms with Crippen LogP contribution in [-0.4, -0.2) is 31.0 Å². The van der Waals surface area contributed by atoms with Crippen LogP contribution in [0.3, 0.4) is 0 Å². The lowest BCUT2D eigenvalue weighted by Gasteiger charge is -2.17. The van der Waals surface area contributed by atoms with Gasteiger partial charge in [-0.2, -0.15) is 0 Å². The fraction of sp³-hybridized carbons (Fsp3) is 0.0938. The number of anilines is 2. The molecule has 5 rings (SSSR count). The van der Waals surface area contributed by atoms with E-state index in [0.29, 0.717) is 43.6 Å². The van der Waals surface area contributed by atoms with Gasteiger partial charge in [0, 0.05) is 27.1 Å². The van der Waals surface area contributed by atoms with E-state index in [1.54, 1.807) is 36.4 Å². The molecular weight excluding hydrogens is 625 g/mol. The van der Waals surface area contributed by atoms with Crippen molar-refractivity contribution in [2.24, 2.45) is 0 Å². The van der Waals surface area contributed by atoms with Crippen LogP contribution >= 0.6 is 46.3 Å². The Bertz CT molecular complexity index is 1770. The van der Waals surface area contributed by atoms with Gasteiger partial charge in [-0.1, -0.05) is 65.7 Å². The highest BCUT2D eigenvalue weighted by Crippen LogP contribution is 2.38. The maximum atomic E-state index is 13.6. The molecule has 43 heavy (non-hydrogen) atoms. The molecule has 11 heteroatoms. The highest BCUT2D eigenvalue weighted by molar-refractivity contribution is 8.00. The molecule has 7 nitrogen and oxygen atoms in total. The number of ether oxygens (including phenoxy) is 2. The monoisotopic (exact) mass is 649 g/mol. The summed E-state index contributed by atoms with van der Waals surface area (Å²) >= 11 is 14.9. The SMILES string of the molecule is COc1ccc(C(=O)Nc2cccc(SC(C(=O)Nc3nc(-c4ccc(Cl)c(Cl)c4)cs3)c3ccccc3)c2)cc1OC. The highest BCUT2D eigenvalue weighted by atomic mass is 35.5.